The molecule has 1 aromatic carbocycles. The van der Waals surface area contributed by atoms with Crippen LogP contribution in [0.3, 0.4) is 0 Å². The van der Waals surface area contributed by atoms with E-state index in [9.17, 15) is 9.59 Å². The number of carbonyl (C=O) groups excluding carboxylic acids is 1. The van der Waals surface area contributed by atoms with Gasteiger partial charge in [0.1, 0.15) is 5.56 Å². The number of ether oxygens (including phenoxy) is 1. The van der Waals surface area contributed by atoms with Crippen molar-refractivity contribution < 1.29 is 9.53 Å². The zero-order chi connectivity index (χ0) is 18.8. The first-order chi connectivity index (χ1) is 13.2. The summed E-state index contributed by atoms with van der Waals surface area (Å²) >= 11 is 0. The van der Waals surface area contributed by atoms with Gasteiger partial charge in [-0.3, -0.25) is 9.89 Å². The Morgan fingerprint density at radius 1 is 1.22 bits per heavy atom. The summed E-state index contributed by atoms with van der Waals surface area (Å²) in [7, 11) is 0. The summed E-state index contributed by atoms with van der Waals surface area (Å²) in [6.45, 7) is 2.01. The molecular formula is C21H23N3O3. The van der Waals surface area contributed by atoms with Gasteiger partial charge in [-0.05, 0) is 31.2 Å². The molecule has 0 unspecified atom stereocenters. The van der Waals surface area contributed by atoms with Crippen LogP contribution in [0.2, 0.25) is 0 Å². The van der Waals surface area contributed by atoms with Gasteiger partial charge in [-0.15, -0.1) is 0 Å². The fourth-order valence-corrected chi connectivity index (χ4v) is 3.85. The summed E-state index contributed by atoms with van der Waals surface area (Å²) < 4.78 is 6.30. The van der Waals surface area contributed by atoms with Gasteiger partial charge in [0.2, 0.25) is 0 Å². The molecule has 27 heavy (non-hydrogen) atoms. The molecule has 0 aliphatic heterocycles. The molecule has 6 heteroatoms. The summed E-state index contributed by atoms with van der Waals surface area (Å²) in [5, 5.41) is 2.77. The SMILES string of the molecule is CCOC(=O)c1c[nH]n2c(=O)cc(-c3ccc(C4CCCCC4)cc3)nc12. The predicted octanol–water partition coefficient (Wildman–Crippen LogP) is 3.91. The van der Waals surface area contributed by atoms with Crippen LogP contribution in [0.5, 0.6) is 0 Å². The van der Waals surface area contributed by atoms with Crippen LogP contribution in [0.25, 0.3) is 16.9 Å². The maximum Gasteiger partial charge on any atom is 0.343 e. The zero-order valence-electron chi connectivity index (χ0n) is 15.4. The van der Waals surface area contributed by atoms with Crippen molar-refractivity contribution in [2.24, 2.45) is 0 Å². The predicted molar refractivity (Wildman–Crippen MR) is 103 cm³/mol. The molecule has 4 rings (SSSR count). The molecule has 0 atom stereocenters. The number of benzene rings is 1. The van der Waals surface area contributed by atoms with Crippen molar-refractivity contribution in [2.45, 2.75) is 44.9 Å². The molecule has 0 radical (unpaired) electrons. The minimum absolute atomic E-state index is 0.259. The van der Waals surface area contributed by atoms with Crippen LogP contribution >= 0.6 is 0 Å². The number of carbonyl (C=O) groups is 1. The Balaban J connectivity index is 1.69. The molecule has 1 N–H and O–H groups in total. The standard InChI is InChI=1S/C21H23N3O3/c1-2-27-21(26)17-13-22-24-19(25)12-18(23-20(17)24)16-10-8-15(9-11-16)14-6-4-3-5-7-14/h8-14,22H,2-7H2,1H3. The van der Waals surface area contributed by atoms with E-state index >= 15 is 0 Å². The average Bonchev–Trinajstić information content (AvgIpc) is 3.14. The molecular weight excluding hydrogens is 342 g/mol. The van der Waals surface area contributed by atoms with Gasteiger partial charge in [-0.2, -0.15) is 0 Å². The third-order valence-corrected chi connectivity index (χ3v) is 5.28. The van der Waals surface area contributed by atoms with Gasteiger partial charge in [-0.25, -0.2) is 14.3 Å². The van der Waals surface area contributed by atoms with Gasteiger partial charge in [-0.1, -0.05) is 43.5 Å². The number of rotatable bonds is 4. The van der Waals surface area contributed by atoms with Crippen LogP contribution in [0, 0.1) is 0 Å². The molecule has 3 aromatic rings. The molecule has 0 bridgehead atoms. The van der Waals surface area contributed by atoms with E-state index in [1.807, 2.05) is 12.1 Å². The quantitative estimate of drug-likeness (QED) is 0.711. The fourth-order valence-electron chi connectivity index (χ4n) is 3.85. The summed E-state index contributed by atoms with van der Waals surface area (Å²) in [5.41, 5.74) is 3.06. The highest BCUT2D eigenvalue weighted by atomic mass is 16.5. The maximum absolute atomic E-state index is 12.4. The first kappa shape index (κ1) is 17.5. The number of hydrogen-bond donors (Lipinski definition) is 1. The van der Waals surface area contributed by atoms with Crippen molar-refractivity contribution in [2.75, 3.05) is 6.61 Å². The number of aromatic nitrogens is 3. The Labute approximate surface area is 157 Å². The van der Waals surface area contributed by atoms with E-state index in [2.05, 4.69) is 22.2 Å². The second-order valence-electron chi connectivity index (χ2n) is 7.00. The average molecular weight is 365 g/mol. The summed E-state index contributed by atoms with van der Waals surface area (Å²) in [6, 6.07) is 9.78. The lowest BCUT2D eigenvalue weighted by atomic mass is 9.84. The smallest absolute Gasteiger partial charge is 0.343 e. The highest BCUT2D eigenvalue weighted by Gasteiger charge is 2.18. The largest absolute Gasteiger partial charge is 0.462 e. The van der Waals surface area contributed by atoms with E-state index in [0.717, 1.165) is 5.56 Å². The van der Waals surface area contributed by atoms with Crippen molar-refractivity contribution in [1.82, 2.24) is 14.6 Å². The van der Waals surface area contributed by atoms with Gasteiger partial charge in [0.05, 0.1) is 12.3 Å². The molecule has 2 aromatic heterocycles. The van der Waals surface area contributed by atoms with E-state index in [0.29, 0.717) is 11.6 Å². The number of hydrogen-bond acceptors (Lipinski definition) is 4. The molecule has 0 spiro atoms. The zero-order valence-corrected chi connectivity index (χ0v) is 15.4. The van der Waals surface area contributed by atoms with Crippen molar-refractivity contribution in [1.29, 1.82) is 0 Å². The van der Waals surface area contributed by atoms with Crippen LogP contribution in [0.1, 0.15) is 60.9 Å². The molecule has 1 fully saturated rings. The first-order valence-electron chi connectivity index (χ1n) is 9.56. The molecule has 6 nitrogen and oxygen atoms in total. The van der Waals surface area contributed by atoms with Crippen molar-refractivity contribution in [3.05, 3.63) is 58.0 Å². The van der Waals surface area contributed by atoms with E-state index in [-0.39, 0.29) is 23.4 Å². The van der Waals surface area contributed by atoms with Gasteiger partial charge < -0.3 is 4.74 Å². The van der Waals surface area contributed by atoms with Crippen LogP contribution in [0.4, 0.5) is 0 Å². The molecule has 140 valence electrons. The van der Waals surface area contributed by atoms with E-state index in [1.54, 1.807) is 6.92 Å². The Morgan fingerprint density at radius 3 is 2.67 bits per heavy atom. The van der Waals surface area contributed by atoms with E-state index in [1.165, 1.54) is 54.4 Å². The summed E-state index contributed by atoms with van der Waals surface area (Å²) in [5.74, 6) is 0.141. The molecule has 0 saturated heterocycles. The number of esters is 1. The number of H-pyrrole nitrogens is 1. The Hall–Kier alpha value is -2.89. The van der Waals surface area contributed by atoms with Crippen LogP contribution in [-0.2, 0) is 4.74 Å². The highest BCUT2D eigenvalue weighted by molar-refractivity contribution is 5.95. The van der Waals surface area contributed by atoms with Crippen molar-refractivity contribution >= 4 is 11.6 Å². The van der Waals surface area contributed by atoms with E-state index < -0.39 is 5.97 Å². The fraction of sp³-hybridized carbons (Fsp3) is 0.381. The number of aromatic amines is 1. The molecule has 1 aliphatic rings. The summed E-state index contributed by atoms with van der Waals surface area (Å²) in [6.07, 6.45) is 7.88. The molecule has 1 saturated carbocycles. The topological polar surface area (TPSA) is 76.5 Å². The monoisotopic (exact) mass is 365 g/mol. The lowest BCUT2D eigenvalue weighted by Crippen LogP contribution is -2.15. The molecule has 1 aliphatic carbocycles. The lowest BCUT2D eigenvalue weighted by molar-refractivity contribution is 0.0528. The Bertz CT molecular complexity index is 1010. The number of nitrogens with zero attached hydrogens (tertiary/aromatic N) is 2. The van der Waals surface area contributed by atoms with Crippen molar-refractivity contribution in [3.8, 4) is 11.3 Å². The minimum atomic E-state index is -0.493. The third kappa shape index (κ3) is 3.39. The lowest BCUT2D eigenvalue weighted by Gasteiger charge is -2.22. The van der Waals surface area contributed by atoms with Gasteiger partial charge >= 0.3 is 5.97 Å². The maximum atomic E-state index is 12.4. The Kier molecular flexibility index (Phi) is 4.79. The highest BCUT2D eigenvalue weighted by Crippen LogP contribution is 2.33. The van der Waals surface area contributed by atoms with E-state index in [4.69, 9.17) is 4.74 Å². The number of nitrogens with one attached hydrogen (secondary N) is 1. The van der Waals surface area contributed by atoms with Crippen molar-refractivity contribution in [3.63, 3.8) is 0 Å². The number of fused-ring (bicyclic) bond motifs is 1. The molecule has 0 amide bonds. The van der Waals surface area contributed by atoms with Crippen LogP contribution in [-0.4, -0.2) is 27.2 Å². The van der Waals surface area contributed by atoms with Gasteiger partial charge in [0, 0.05) is 17.8 Å². The minimum Gasteiger partial charge on any atom is -0.462 e. The first-order valence-corrected chi connectivity index (χ1v) is 9.56. The third-order valence-electron chi connectivity index (χ3n) is 5.28. The van der Waals surface area contributed by atoms with Crippen LogP contribution < -0.4 is 5.56 Å². The summed E-state index contributed by atoms with van der Waals surface area (Å²) in [4.78, 5) is 29.1. The Morgan fingerprint density at radius 2 is 1.96 bits per heavy atom. The van der Waals surface area contributed by atoms with Gasteiger partial charge in [0.25, 0.3) is 5.56 Å². The second-order valence-corrected chi connectivity index (χ2v) is 7.00. The molecule has 2 heterocycles. The van der Waals surface area contributed by atoms with Crippen LogP contribution in [0.15, 0.2) is 41.3 Å². The second kappa shape index (κ2) is 7.39. The van der Waals surface area contributed by atoms with Gasteiger partial charge in [0.15, 0.2) is 5.65 Å². The normalized spacial score (nSPS) is 15.1.